The van der Waals surface area contributed by atoms with Crippen molar-refractivity contribution in [2.45, 2.75) is 19.9 Å². The third-order valence-corrected chi connectivity index (χ3v) is 5.04. The zero-order valence-electron chi connectivity index (χ0n) is 10.7. The largest absolute Gasteiger partial charge is 0.424 e. The Morgan fingerprint density at radius 2 is 2.21 bits per heavy atom. The predicted octanol–water partition coefficient (Wildman–Crippen LogP) is 2.83. The average molecular weight is 347 g/mol. The van der Waals surface area contributed by atoms with E-state index in [9.17, 15) is 8.42 Å². The van der Waals surface area contributed by atoms with Crippen LogP contribution in [0.15, 0.2) is 27.1 Å². The smallest absolute Gasteiger partial charge is 0.295 e. The van der Waals surface area contributed by atoms with Crippen LogP contribution in [0.3, 0.4) is 0 Å². The molecule has 104 valence electrons. The summed E-state index contributed by atoms with van der Waals surface area (Å²) >= 11 is 3.36. The Kier molecular flexibility index (Phi) is 4.15. The van der Waals surface area contributed by atoms with Crippen LogP contribution >= 0.6 is 15.9 Å². The van der Waals surface area contributed by atoms with Gasteiger partial charge in [-0.15, -0.1) is 0 Å². The second-order valence-corrected chi connectivity index (χ2v) is 7.69. The number of anilines is 1. The number of hydrogen-bond acceptors (Lipinski definition) is 5. The maximum absolute atomic E-state index is 11.5. The second-order valence-electron chi connectivity index (χ2n) is 4.38. The third kappa shape index (κ3) is 3.70. The fourth-order valence-electron chi connectivity index (χ4n) is 1.71. The van der Waals surface area contributed by atoms with E-state index in [2.05, 4.69) is 26.2 Å². The van der Waals surface area contributed by atoms with Crippen molar-refractivity contribution in [3.63, 3.8) is 0 Å². The van der Waals surface area contributed by atoms with Crippen LogP contribution < -0.4 is 5.32 Å². The van der Waals surface area contributed by atoms with Crippen LogP contribution in [0.25, 0.3) is 11.1 Å². The lowest BCUT2D eigenvalue weighted by molar-refractivity contribution is 0.586. The highest BCUT2D eigenvalue weighted by atomic mass is 79.9. The van der Waals surface area contributed by atoms with Gasteiger partial charge in [0.2, 0.25) is 0 Å². The van der Waals surface area contributed by atoms with Gasteiger partial charge in [0.05, 0.1) is 5.75 Å². The summed E-state index contributed by atoms with van der Waals surface area (Å²) in [4.78, 5) is 4.27. The van der Waals surface area contributed by atoms with Crippen LogP contribution in [-0.2, 0) is 9.84 Å². The summed E-state index contributed by atoms with van der Waals surface area (Å²) in [5.74, 6) is 0.200. The van der Waals surface area contributed by atoms with Crippen LogP contribution in [0, 0.1) is 0 Å². The van der Waals surface area contributed by atoms with E-state index >= 15 is 0 Å². The molecule has 1 atom stereocenters. The fourth-order valence-corrected chi connectivity index (χ4v) is 3.14. The SMILES string of the molecule is CCS(=O)(=O)CC(C)Nc1nc2cc(Br)ccc2o1. The number of nitrogens with zero attached hydrogens (tertiary/aromatic N) is 1. The van der Waals surface area contributed by atoms with E-state index in [1.54, 1.807) is 13.8 Å². The lowest BCUT2D eigenvalue weighted by atomic mass is 10.3. The van der Waals surface area contributed by atoms with Gasteiger partial charge in [-0.3, -0.25) is 0 Å². The Labute approximate surface area is 120 Å². The molecule has 2 rings (SSSR count). The first-order chi connectivity index (χ1) is 8.89. The molecule has 2 aromatic rings. The molecule has 1 aromatic carbocycles. The molecular weight excluding hydrogens is 332 g/mol. The molecule has 1 unspecified atom stereocenters. The normalized spacial score (nSPS) is 13.6. The lowest BCUT2D eigenvalue weighted by Crippen LogP contribution is -2.26. The van der Waals surface area contributed by atoms with Crippen LogP contribution in [0.1, 0.15) is 13.8 Å². The zero-order valence-corrected chi connectivity index (χ0v) is 13.1. The number of fused-ring (bicyclic) bond motifs is 1. The third-order valence-electron chi connectivity index (χ3n) is 2.66. The molecule has 0 saturated heterocycles. The van der Waals surface area contributed by atoms with Gasteiger partial charge in [-0.2, -0.15) is 4.98 Å². The van der Waals surface area contributed by atoms with Crippen molar-refractivity contribution in [3.8, 4) is 0 Å². The summed E-state index contributed by atoms with van der Waals surface area (Å²) in [5, 5.41) is 2.97. The molecule has 0 spiro atoms. The molecule has 0 bridgehead atoms. The minimum Gasteiger partial charge on any atom is -0.424 e. The fraction of sp³-hybridized carbons (Fsp3) is 0.417. The minimum atomic E-state index is -3.02. The monoisotopic (exact) mass is 346 g/mol. The molecule has 1 N–H and O–H groups in total. The Hall–Kier alpha value is -1.08. The molecule has 5 nitrogen and oxygen atoms in total. The van der Waals surface area contributed by atoms with E-state index in [-0.39, 0.29) is 17.5 Å². The second kappa shape index (κ2) is 5.50. The molecule has 19 heavy (non-hydrogen) atoms. The molecule has 0 fully saturated rings. The highest BCUT2D eigenvalue weighted by molar-refractivity contribution is 9.10. The predicted molar refractivity (Wildman–Crippen MR) is 79.1 cm³/mol. The summed E-state index contributed by atoms with van der Waals surface area (Å²) in [5.41, 5.74) is 1.39. The van der Waals surface area contributed by atoms with E-state index in [1.165, 1.54) is 0 Å². The minimum absolute atomic E-state index is 0.0614. The zero-order chi connectivity index (χ0) is 14.0. The number of rotatable bonds is 5. The topological polar surface area (TPSA) is 72.2 Å². The first-order valence-electron chi connectivity index (χ1n) is 5.92. The van der Waals surface area contributed by atoms with Crippen molar-refractivity contribution in [1.82, 2.24) is 4.98 Å². The van der Waals surface area contributed by atoms with Crippen molar-refractivity contribution >= 4 is 42.9 Å². The van der Waals surface area contributed by atoms with Crippen LogP contribution in [0.2, 0.25) is 0 Å². The van der Waals surface area contributed by atoms with Gasteiger partial charge >= 0.3 is 0 Å². The van der Waals surface area contributed by atoms with Gasteiger partial charge in [0, 0.05) is 16.3 Å². The van der Waals surface area contributed by atoms with E-state index in [1.807, 2.05) is 18.2 Å². The quantitative estimate of drug-likeness (QED) is 0.901. The van der Waals surface area contributed by atoms with Crippen molar-refractivity contribution in [3.05, 3.63) is 22.7 Å². The van der Waals surface area contributed by atoms with Gasteiger partial charge in [-0.05, 0) is 25.1 Å². The van der Waals surface area contributed by atoms with Gasteiger partial charge in [0.1, 0.15) is 5.52 Å². The van der Waals surface area contributed by atoms with Gasteiger partial charge in [-0.25, -0.2) is 8.42 Å². The van der Waals surface area contributed by atoms with Gasteiger partial charge in [0.15, 0.2) is 15.4 Å². The first kappa shape index (κ1) is 14.3. The standard InChI is InChI=1S/C12H15BrN2O3S/c1-3-19(16,17)7-8(2)14-12-15-10-6-9(13)4-5-11(10)18-12/h4-6,8H,3,7H2,1-2H3,(H,14,15). The molecule has 0 saturated carbocycles. The summed E-state index contributed by atoms with van der Waals surface area (Å²) in [7, 11) is -3.02. The first-order valence-corrected chi connectivity index (χ1v) is 8.54. The molecular formula is C12H15BrN2O3S. The Balaban J connectivity index is 2.13. The van der Waals surface area contributed by atoms with Crippen LogP contribution in [0.5, 0.6) is 0 Å². The molecule has 0 radical (unpaired) electrons. The number of aromatic nitrogens is 1. The highest BCUT2D eigenvalue weighted by Crippen LogP contribution is 2.22. The molecule has 0 aliphatic rings. The Bertz CT molecular complexity index is 681. The molecule has 0 aliphatic heterocycles. The molecule has 1 aromatic heterocycles. The molecule has 7 heteroatoms. The maximum Gasteiger partial charge on any atom is 0.295 e. The number of nitrogens with one attached hydrogen (secondary N) is 1. The number of halogens is 1. The number of sulfone groups is 1. The van der Waals surface area contributed by atoms with E-state index in [0.717, 1.165) is 9.99 Å². The Morgan fingerprint density at radius 3 is 2.89 bits per heavy atom. The molecule has 0 amide bonds. The molecule has 0 aliphatic carbocycles. The van der Waals surface area contributed by atoms with E-state index in [4.69, 9.17) is 4.42 Å². The van der Waals surface area contributed by atoms with E-state index in [0.29, 0.717) is 11.6 Å². The number of hydrogen-bond donors (Lipinski definition) is 1. The van der Waals surface area contributed by atoms with Crippen LogP contribution in [-0.4, -0.2) is 30.9 Å². The number of oxazole rings is 1. The number of benzene rings is 1. The average Bonchev–Trinajstić information content (AvgIpc) is 2.69. The molecule has 1 heterocycles. The van der Waals surface area contributed by atoms with E-state index < -0.39 is 9.84 Å². The summed E-state index contributed by atoms with van der Waals surface area (Å²) in [6, 6.07) is 5.61. The summed E-state index contributed by atoms with van der Waals surface area (Å²) in [6.45, 7) is 3.43. The van der Waals surface area contributed by atoms with Crippen LogP contribution in [0.4, 0.5) is 6.01 Å². The lowest BCUT2D eigenvalue weighted by Gasteiger charge is -2.11. The van der Waals surface area contributed by atoms with Crippen molar-refractivity contribution in [1.29, 1.82) is 0 Å². The highest BCUT2D eigenvalue weighted by Gasteiger charge is 2.15. The summed E-state index contributed by atoms with van der Waals surface area (Å²) < 4.78 is 29.5. The van der Waals surface area contributed by atoms with Crippen molar-refractivity contribution in [2.24, 2.45) is 0 Å². The maximum atomic E-state index is 11.5. The van der Waals surface area contributed by atoms with Crippen molar-refractivity contribution in [2.75, 3.05) is 16.8 Å². The van der Waals surface area contributed by atoms with Gasteiger partial charge in [0.25, 0.3) is 6.01 Å². The summed E-state index contributed by atoms with van der Waals surface area (Å²) in [6.07, 6.45) is 0. The Morgan fingerprint density at radius 1 is 1.47 bits per heavy atom. The van der Waals surface area contributed by atoms with Gasteiger partial charge in [-0.1, -0.05) is 22.9 Å². The van der Waals surface area contributed by atoms with Gasteiger partial charge < -0.3 is 9.73 Å². The van der Waals surface area contributed by atoms with Crippen molar-refractivity contribution < 1.29 is 12.8 Å².